The quantitative estimate of drug-likeness (QED) is 0.837. The molecule has 2 rings (SSSR count). The molecule has 84 valence electrons. The molecule has 6 heteroatoms. The number of aromatic nitrogens is 4. The molecule has 5 nitrogen and oxygen atoms in total. The van der Waals surface area contributed by atoms with Gasteiger partial charge in [0, 0.05) is 31.9 Å². The normalized spacial score (nSPS) is 10.4. The average Bonchev–Trinajstić information content (AvgIpc) is 2.68. The van der Waals surface area contributed by atoms with Crippen molar-refractivity contribution in [3.8, 4) is 0 Å². The van der Waals surface area contributed by atoms with Gasteiger partial charge in [0.2, 0.25) is 5.95 Å². The molecule has 0 saturated carbocycles. The van der Waals surface area contributed by atoms with E-state index >= 15 is 0 Å². The van der Waals surface area contributed by atoms with E-state index in [1.54, 1.807) is 6.20 Å². The number of anilines is 1. The van der Waals surface area contributed by atoms with Crippen LogP contribution in [-0.4, -0.2) is 26.3 Å². The molecule has 2 heterocycles. The van der Waals surface area contributed by atoms with Crippen LogP contribution in [0.15, 0.2) is 24.7 Å². The lowest BCUT2D eigenvalue weighted by Crippen LogP contribution is -2.10. The van der Waals surface area contributed by atoms with Gasteiger partial charge in [0.25, 0.3) is 0 Å². The predicted octanol–water partition coefficient (Wildman–Crippen LogP) is 1.00. The summed E-state index contributed by atoms with van der Waals surface area (Å²) in [7, 11) is 1.89. The van der Waals surface area contributed by atoms with Crippen molar-refractivity contribution >= 4 is 5.95 Å². The Labute approximate surface area is 92.3 Å². The van der Waals surface area contributed by atoms with Crippen LogP contribution in [0, 0.1) is 5.82 Å². The molecular weight excluding hydrogens is 209 g/mol. The molecular formula is C10H12FN5. The minimum Gasteiger partial charge on any atom is -0.354 e. The molecule has 0 spiro atoms. The van der Waals surface area contributed by atoms with E-state index < -0.39 is 5.82 Å². The van der Waals surface area contributed by atoms with Crippen molar-refractivity contribution in [1.29, 1.82) is 0 Å². The molecule has 0 amide bonds. The molecule has 0 saturated heterocycles. The summed E-state index contributed by atoms with van der Waals surface area (Å²) in [6.07, 6.45) is 4.85. The smallest absolute Gasteiger partial charge is 0.222 e. The SMILES string of the molecule is Cn1nccc1CCNc1ncc(F)cn1. The molecule has 0 aliphatic rings. The number of rotatable bonds is 4. The van der Waals surface area contributed by atoms with Crippen LogP contribution in [0.3, 0.4) is 0 Å². The lowest BCUT2D eigenvalue weighted by atomic mass is 10.3. The minimum absolute atomic E-state index is 0.433. The molecule has 0 atom stereocenters. The van der Waals surface area contributed by atoms with E-state index in [0.717, 1.165) is 24.5 Å². The van der Waals surface area contributed by atoms with Crippen molar-refractivity contribution in [1.82, 2.24) is 19.7 Å². The van der Waals surface area contributed by atoms with Crippen molar-refractivity contribution in [2.75, 3.05) is 11.9 Å². The maximum Gasteiger partial charge on any atom is 0.222 e. The molecule has 2 aromatic rings. The first-order valence-electron chi connectivity index (χ1n) is 4.94. The summed E-state index contributed by atoms with van der Waals surface area (Å²) in [5.74, 6) is 0.000697. The van der Waals surface area contributed by atoms with E-state index in [1.807, 2.05) is 17.8 Å². The van der Waals surface area contributed by atoms with Gasteiger partial charge in [0.1, 0.15) is 0 Å². The van der Waals surface area contributed by atoms with Crippen molar-refractivity contribution < 1.29 is 4.39 Å². The molecule has 0 radical (unpaired) electrons. The first-order chi connectivity index (χ1) is 7.75. The summed E-state index contributed by atoms with van der Waals surface area (Å²) in [6.45, 7) is 0.686. The van der Waals surface area contributed by atoms with Crippen LogP contribution >= 0.6 is 0 Å². The molecule has 0 aliphatic heterocycles. The Morgan fingerprint density at radius 2 is 2.12 bits per heavy atom. The van der Waals surface area contributed by atoms with Gasteiger partial charge in [-0.1, -0.05) is 0 Å². The van der Waals surface area contributed by atoms with Crippen LogP contribution in [0.1, 0.15) is 5.69 Å². The number of hydrogen-bond donors (Lipinski definition) is 1. The Morgan fingerprint density at radius 3 is 2.75 bits per heavy atom. The van der Waals surface area contributed by atoms with E-state index in [1.165, 1.54) is 0 Å². The Balaban J connectivity index is 1.84. The van der Waals surface area contributed by atoms with Crippen molar-refractivity contribution in [2.24, 2.45) is 7.05 Å². The second-order valence-electron chi connectivity index (χ2n) is 3.35. The molecule has 1 N–H and O–H groups in total. The maximum atomic E-state index is 12.5. The number of halogens is 1. The van der Waals surface area contributed by atoms with Crippen LogP contribution in [0.25, 0.3) is 0 Å². The fraction of sp³-hybridized carbons (Fsp3) is 0.300. The molecule has 0 fully saturated rings. The zero-order valence-electron chi connectivity index (χ0n) is 8.89. The summed E-state index contributed by atoms with van der Waals surface area (Å²) in [5.41, 5.74) is 1.12. The number of nitrogens with zero attached hydrogens (tertiary/aromatic N) is 4. The van der Waals surface area contributed by atoms with Crippen LogP contribution in [0.2, 0.25) is 0 Å². The fourth-order valence-electron chi connectivity index (χ4n) is 1.35. The highest BCUT2D eigenvalue weighted by molar-refractivity contribution is 5.22. The van der Waals surface area contributed by atoms with Crippen LogP contribution < -0.4 is 5.32 Å². The highest BCUT2D eigenvalue weighted by Gasteiger charge is 1.99. The van der Waals surface area contributed by atoms with Gasteiger partial charge in [-0.25, -0.2) is 14.4 Å². The van der Waals surface area contributed by atoms with Crippen LogP contribution in [-0.2, 0) is 13.5 Å². The fourth-order valence-corrected chi connectivity index (χ4v) is 1.35. The molecule has 16 heavy (non-hydrogen) atoms. The van der Waals surface area contributed by atoms with Gasteiger partial charge in [-0.05, 0) is 6.07 Å². The second kappa shape index (κ2) is 4.69. The van der Waals surface area contributed by atoms with Gasteiger partial charge in [-0.3, -0.25) is 4.68 Å². The highest BCUT2D eigenvalue weighted by Crippen LogP contribution is 2.00. The zero-order chi connectivity index (χ0) is 11.4. The minimum atomic E-state index is -0.433. The standard InChI is InChI=1S/C10H12FN5/c1-16-9(3-5-15-16)2-4-12-10-13-6-8(11)7-14-10/h3,5-7H,2,4H2,1H3,(H,12,13,14). The van der Waals surface area contributed by atoms with Crippen molar-refractivity contribution in [2.45, 2.75) is 6.42 Å². The van der Waals surface area contributed by atoms with Crippen LogP contribution in [0.5, 0.6) is 0 Å². The predicted molar refractivity (Wildman–Crippen MR) is 57.4 cm³/mol. The lowest BCUT2D eigenvalue weighted by Gasteiger charge is -2.04. The van der Waals surface area contributed by atoms with Crippen molar-refractivity contribution in [3.63, 3.8) is 0 Å². The maximum absolute atomic E-state index is 12.5. The number of nitrogens with one attached hydrogen (secondary N) is 1. The van der Waals surface area contributed by atoms with Gasteiger partial charge in [-0.15, -0.1) is 0 Å². The topological polar surface area (TPSA) is 55.6 Å². The second-order valence-corrected chi connectivity index (χ2v) is 3.35. The third kappa shape index (κ3) is 2.53. The molecule has 0 bridgehead atoms. The molecule has 0 aliphatic carbocycles. The van der Waals surface area contributed by atoms with Gasteiger partial charge >= 0.3 is 0 Å². The highest BCUT2D eigenvalue weighted by atomic mass is 19.1. The van der Waals surface area contributed by atoms with Gasteiger partial charge in [0.05, 0.1) is 12.4 Å². The van der Waals surface area contributed by atoms with Crippen molar-refractivity contribution in [3.05, 3.63) is 36.2 Å². The van der Waals surface area contributed by atoms with Gasteiger partial charge < -0.3 is 5.32 Å². The van der Waals surface area contributed by atoms with E-state index in [2.05, 4.69) is 20.4 Å². The third-order valence-corrected chi connectivity index (χ3v) is 2.21. The summed E-state index contributed by atoms with van der Waals surface area (Å²) in [5, 5.41) is 7.07. The monoisotopic (exact) mass is 221 g/mol. The summed E-state index contributed by atoms with van der Waals surface area (Å²) < 4.78 is 14.3. The van der Waals surface area contributed by atoms with Gasteiger partial charge in [0.15, 0.2) is 5.82 Å². The Bertz CT molecular complexity index is 450. The largest absolute Gasteiger partial charge is 0.354 e. The summed E-state index contributed by atoms with van der Waals surface area (Å²) in [4.78, 5) is 7.60. The molecule has 2 aromatic heterocycles. The van der Waals surface area contributed by atoms with Crippen LogP contribution in [0.4, 0.5) is 10.3 Å². The van der Waals surface area contributed by atoms with E-state index in [9.17, 15) is 4.39 Å². The number of hydrogen-bond acceptors (Lipinski definition) is 4. The van der Waals surface area contributed by atoms with Gasteiger partial charge in [-0.2, -0.15) is 5.10 Å². The number of aryl methyl sites for hydroxylation is 1. The molecule has 0 unspecified atom stereocenters. The van der Waals surface area contributed by atoms with E-state index in [4.69, 9.17) is 0 Å². The molecule has 0 aromatic carbocycles. The third-order valence-electron chi connectivity index (χ3n) is 2.21. The zero-order valence-corrected chi connectivity index (χ0v) is 8.89. The summed E-state index contributed by atoms with van der Waals surface area (Å²) in [6, 6.07) is 1.95. The lowest BCUT2D eigenvalue weighted by molar-refractivity contribution is 0.614. The Morgan fingerprint density at radius 1 is 1.38 bits per heavy atom. The van der Waals surface area contributed by atoms with E-state index in [-0.39, 0.29) is 0 Å². The first-order valence-corrected chi connectivity index (χ1v) is 4.94. The Kier molecular flexibility index (Phi) is 3.09. The summed E-state index contributed by atoms with van der Waals surface area (Å²) >= 11 is 0. The Hall–Kier alpha value is -1.98. The average molecular weight is 221 g/mol. The first kappa shape index (κ1) is 10.5. The van der Waals surface area contributed by atoms with E-state index in [0.29, 0.717) is 12.5 Å².